The fourth-order valence-corrected chi connectivity index (χ4v) is 3.77. The topological polar surface area (TPSA) is 20.2 Å². The van der Waals surface area contributed by atoms with E-state index in [-0.39, 0.29) is 5.82 Å². The number of benzene rings is 1. The van der Waals surface area contributed by atoms with Crippen LogP contribution in [0.25, 0.3) is 0 Å². The van der Waals surface area contributed by atoms with Gasteiger partial charge in [-0.1, -0.05) is 15.9 Å². The molecule has 0 amide bonds. The van der Waals surface area contributed by atoms with Gasteiger partial charge >= 0.3 is 0 Å². The number of hydrogen-bond acceptors (Lipinski definition) is 2. The molecule has 1 nitrogen and oxygen atoms in total. The summed E-state index contributed by atoms with van der Waals surface area (Å²) in [6.45, 7) is 1.98. The number of aliphatic hydroxyl groups excluding tert-OH is 1. The first-order chi connectivity index (χ1) is 8.45. The maximum atomic E-state index is 13.2. The van der Waals surface area contributed by atoms with Crippen LogP contribution >= 0.6 is 43.2 Å². The van der Waals surface area contributed by atoms with Gasteiger partial charge in [-0.3, -0.25) is 0 Å². The molecule has 1 atom stereocenters. The highest BCUT2D eigenvalue weighted by Gasteiger charge is 2.13. The molecule has 2 aromatic rings. The molecule has 0 aliphatic rings. The van der Waals surface area contributed by atoms with Crippen LogP contribution in [0.15, 0.2) is 32.5 Å². The normalized spacial score (nSPS) is 12.7. The van der Waals surface area contributed by atoms with E-state index in [0.29, 0.717) is 10.9 Å². The van der Waals surface area contributed by atoms with E-state index in [4.69, 9.17) is 0 Å². The first-order valence-electron chi connectivity index (χ1n) is 5.34. The molecule has 1 unspecified atom stereocenters. The second kappa shape index (κ2) is 5.82. The molecule has 0 spiro atoms. The predicted molar refractivity (Wildman–Crippen MR) is 79.5 cm³/mol. The molecular formula is C13H11Br2FOS. The minimum absolute atomic E-state index is 0.296. The Balaban J connectivity index is 2.18. The Hall–Kier alpha value is -0.230. The quantitative estimate of drug-likeness (QED) is 0.778. The van der Waals surface area contributed by atoms with Gasteiger partial charge in [-0.15, -0.1) is 11.3 Å². The van der Waals surface area contributed by atoms with Gasteiger partial charge in [0.15, 0.2) is 0 Å². The average Bonchev–Trinajstić information content (AvgIpc) is 2.57. The zero-order valence-corrected chi connectivity index (χ0v) is 13.6. The second-order valence-electron chi connectivity index (χ2n) is 4.10. The van der Waals surface area contributed by atoms with E-state index in [9.17, 15) is 9.50 Å². The highest BCUT2D eigenvalue weighted by Crippen LogP contribution is 2.33. The van der Waals surface area contributed by atoms with Gasteiger partial charge < -0.3 is 5.11 Å². The molecule has 1 aromatic heterocycles. The molecule has 5 heteroatoms. The molecule has 0 aliphatic carbocycles. The van der Waals surface area contributed by atoms with Crippen molar-refractivity contribution < 1.29 is 9.50 Å². The SMILES string of the molecule is Cc1cc(C(O)Cc2cc(F)cc(Br)c2)sc1Br. The van der Waals surface area contributed by atoms with Gasteiger partial charge in [0.1, 0.15) is 5.82 Å². The molecule has 0 aliphatic heterocycles. The Morgan fingerprint density at radius 3 is 2.56 bits per heavy atom. The zero-order chi connectivity index (χ0) is 13.3. The lowest BCUT2D eigenvalue weighted by atomic mass is 10.1. The predicted octanol–water partition coefficient (Wildman–Crippen LogP) is 5.00. The van der Waals surface area contributed by atoms with Gasteiger partial charge in [-0.25, -0.2) is 4.39 Å². The summed E-state index contributed by atoms with van der Waals surface area (Å²) in [7, 11) is 0. The van der Waals surface area contributed by atoms with Crippen molar-refractivity contribution in [3.05, 3.63) is 54.3 Å². The van der Waals surface area contributed by atoms with Crippen LogP contribution in [0.5, 0.6) is 0 Å². The fraction of sp³-hybridized carbons (Fsp3) is 0.231. The van der Waals surface area contributed by atoms with E-state index >= 15 is 0 Å². The molecule has 1 aromatic carbocycles. The standard InChI is InChI=1S/C13H11Br2FOS/c1-7-2-12(18-13(7)15)11(17)5-8-3-9(14)6-10(16)4-8/h2-4,6,11,17H,5H2,1H3. The third-order valence-corrected chi connectivity index (χ3v) is 5.25. The first-order valence-corrected chi connectivity index (χ1v) is 7.75. The molecule has 2 rings (SSSR count). The van der Waals surface area contributed by atoms with Crippen molar-refractivity contribution in [3.63, 3.8) is 0 Å². The van der Waals surface area contributed by atoms with E-state index in [2.05, 4.69) is 31.9 Å². The smallest absolute Gasteiger partial charge is 0.124 e. The van der Waals surface area contributed by atoms with Gasteiger partial charge in [0.25, 0.3) is 0 Å². The molecule has 0 radical (unpaired) electrons. The molecule has 0 fully saturated rings. The zero-order valence-electron chi connectivity index (χ0n) is 9.58. The van der Waals surface area contributed by atoms with Crippen LogP contribution in [0.3, 0.4) is 0 Å². The molecule has 1 heterocycles. The fourth-order valence-electron chi connectivity index (χ4n) is 1.70. The third kappa shape index (κ3) is 3.41. The summed E-state index contributed by atoms with van der Waals surface area (Å²) >= 11 is 8.19. The molecule has 0 bridgehead atoms. The molecule has 96 valence electrons. The molecule has 0 saturated heterocycles. The van der Waals surface area contributed by atoms with Crippen molar-refractivity contribution in [2.75, 3.05) is 0 Å². The van der Waals surface area contributed by atoms with Crippen LogP contribution in [0.2, 0.25) is 0 Å². The summed E-state index contributed by atoms with van der Waals surface area (Å²) in [6.07, 6.45) is -0.198. The summed E-state index contributed by atoms with van der Waals surface area (Å²) in [5.74, 6) is -0.296. The van der Waals surface area contributed by atoms with Crippen molar-refractivity contribution >= 4 is 43.2 Å². The Morgan fingerprint density at radius 2 is 2.00 bits per heavy atom. The van der Waals surface area contributed by atoms with Crippen molar-refractivity contribution in [1.29, 1.82) is 0 Å². The maximum Gasteiger partial charge on any atom is 0.124 e. The Morgan fingerprint density at radius 1 is 1.28 bits per heavy atom. The summed E-state index contributed by atoms with van der Waals surface area (Å²) in [5, 5.41) is 10.1. The lowest BCUT2D eigenvalue weighted by molar-refractivity contribution is 0.182. The van der Waals surface area contributed by atoms with E-state index < -0.39 is 6.10 Å². The molecule has 18 heavy (non-hydrogen) atoms. The number of aliphatic hydroxyl groups is 1. The summed E-state index contributed by atoms with van der Waals surface area (Å²) in [4.78, 5) is 0.889. The monoisotopic (exact) mass is 392 g/mol. The summed E-state index contributed by atoms with van der Waals surface area (Å²) in [5.41, 5.74) is 1.88. The first kappa shape index (κ1) is 14.2. The largest absolute Gasteiger partial charge is 0.387 e. The van der Waals surface area contributed by atoms with Gasteiger partial charge in [-0.05, 0) is 58.2 Å². The van der Waals surface area contributed by atoms with Crippen molar-refractivity contribution in [2.24, 2.45) is 0 Å². The Labute approximate surface area is 126 Å². The van der Waals surface area contributed by atoms with Crippen molar-refractivity contribution in [2.45, 2.75) is 19.4 Å². The average molecular weight is 394 g/mol. The maximum absolute atomic E-state index is 13.2. The molecular weight excluding hydrogens is 383 g/mol. The highest BCUT2D eigenvalue weighted by atomic mass is 79.9. The van der Waals surface area contributed by atoms with Crippen molar-refractivity contribution in [1.82, 2.24) is 0 Å². The highest BCUT2D eigenvalue weighted by molar-refractivity contribution is 9.11. The third-order valence-electron chi connectivity index (χ3n) is 2.56. The Bertz CT molecular complexity index is 528. The van der Waals surface area contributed by atoms with E-state index in [1.165, 1.54) is 23.5 Å². The number of thiophene rings is 1. The van der Waals surface area contributed by atoms with Crippen LogP contribution in [0.1, 0.15) is 22.1 Å². The van der Waals surface area contributed by atoms with Crippen LogP contribution in [-0.4, -0.2) is 5.11 Å². The van der Waals surface area contributed by atoms with Gasteiger partial charge in [-0.2, -0.15) is 0 Å². The summed E-state index contributed by atoms with van der Waals surface area (Å²) in [6, 6.07) is 6.63. The van der Waals surface area contributed by atoms with E-state index in [1.807, 2.05) is 19.1 Å². The van der Waals surface area contributed by atoms with Gasteiger partial charge in [0, 0.05) is 15.8 Å². The minimum atomic E-state index is -0.603. The minimum Gasteiger partial charge on any atom is -0.387 e. The van der Waals surface area contributed by atoms with Crippen LogP contribution in [-0.2, 0) is 6.42 Å². The molecule has 1 N–H and O–H groups in total. The van der Waals surface area contributed by atoms with Crippen LogP contribution in [0, 0.1) is 12.7 Å². The van der Waals surface area contributed by atoms with E-state index in [0.717, 1.165) is 19.8 Å². The number of halogens is 3. The number of hydrogen-bond donors (Lipinski definition) is 1. The second-order valence-corrected chi connectivity index (χ2v) is 7.42. The van der Waals surface area contributed by atoms with E-state index in [1.54, 1.807) is 0 Å². The van der Waals surface area contributed by atoms with Crippen molar-refractivity contribution in [3.8, 4) is 0 Å². The number of rotatable bonds is 3. The van der Waals surface area contributed by atoms with Crippen LogP contribution in [0.4, 0.5) is 4.39 Å². The van der Waals surface area contributed by atoms with Gasteiger partial charge in [0.2, 0.25) is 0 Å². The lowest BCUT2D eigenvalue weighted by Crippen LogP contribution is -2.00. The lowest BCUT2D eigenvalue weighted by Gasteiger charge is -2.09. The van der Waals surface area contributed by atoms with Gasteiger partial charge in [0.05, 0.1) is 9.89 Å². The Kier molecular flexibility index (Phi) is 4.59. The summed E-state index contributed by atoms with van der Waals surface area (Å²) < 4.78 is 14.9. The molecule has 0 saturated carbocycles. The number of aryl methyl sites for hydroxylation is 1. The van der Waals surface area contributed by atoms with Crippen LogP contribution < -0.4 is 0 Å².